The maximum atomic E-state index is 5.71. The first-order chi connectivity index (χ1) is 11.1. The molecule has 1 aliphatic heterocycles. The molecular weight excluding hydrogens is 294 g/mol. The summed E-state index contributed by atoms with van der Waals surface area (Å²) in [6, 6.07) is 0.140. The van der Waals surface area contributed by atoms with Crippen LogP contribution in [-0.2, 0) is 6.54 Å². The second-order valence-electron chi connectivity index (χ2n) is 6.75. The Balaban J connectivity index is 1.46. The van der Waals surface area contributed by atoms with E-state index in [1.807, 2.05) is 13.8 Å². The van der Waals surface area contributed by atoms with Crippen LogP contribution in [-0.4, -0.2) is 51.6 Å². The molecule has 2 aromatic rings. The van der Waals surface area contributed by atoms with Crippen LogP contribution in [0.5, 0.6) is 0 Å². The van der Waals surface area contributed by atoms with Crippen LogP contribution in [0.3, 0.4) is 0 Å². The predicted molar refractivity (Wildman–Crippen MR) is 82.9 cm³/mol. The summed E-state index contributed by atoms with van der Waals surface area (Å²) in [6.45, 7) is 7.46. The van der Waals surface area contributed by atoms with Gasteiger partial charge in [0.25, 0.3) is 0 Å². The van der Waals surface area contributed by atoms with E-state index < -0.39 is 0 Å². The monoisotopic (exact) mass is 317 g/mol. The summed E-state index contributed by atoms with van der Waals surface area (Å²) in [5, 5.41) is 4.15. The largest absolute Gasteiger partial charge is 0.444 e. The van der Waals surface area contributed by atoms with E-state index in [0.29, 0.717) is 5.92 Å². The summed E-state index contributed by atoms with van der Waals surface area (Å²) < 4.78 is 11.2. The normalized spacial score (nSPS) is 23.5. The lowest BCUT2D eigenvalue weighted by molar-refractivity contribution is 0.0662. The van der Waals surface area contributed by atoms with E-state index in [1.165, 1.54) is 12.8 Å². The molecule has 4 rings (SSSR count). The molecule has 23 heavy (non-hydrogen) atoms. The molecule has 0 N–H and O–H groups in total. The first-order valence-electron chi connectivity index (χ1n) is 8.29. The highest BCUT2D eigenvalue weighted by atomic mass is 16.5. The summed E-state index contributed by atoms with van der Waals surface area (Å²) in [5.41, 5.74) is 0.969. The first kappa shape index (κ1) is 14.8. The molecule has 1 saturated carbocycles. The van der Waals surface area contributed by atoms with Crippen molar-refractivity contribution >= 4 is 0 Å². The number of likely N-dealkylation sites (N-methyl/N-ethyl adjacent to an activating group) is 1. The van der Waals surface area contributed by atoms with Gasteiger partial charge >= 0.3 is 0 Å². The minimum atomic E-state index is 0.140. The number of oxazole rings is 1. The molecule has 3 heterocycles. The third kappa shape index (κ3) is 3.03. The topological polar surface area (TPSA) is 71.4 Å². The molecule has 7 nitrogen and oxygen atoms in total. The molecule has 2 aromatic heterocycles. The summed E-state index contributed by atoms with van der Waals surface area (Å²) in [6.07, 6.45) is 2.38. The Morgan fingerprint density at radius 3 is 2.70 bits per heavy atom. The maximum absolute atomic E-state index is 5.71. The van der Waals surface area contributed by atoms with E-state index in [-0.39, 0.29) is 6.04 Å². The molecule has 0 radical (unpaired) electrons. The molecule has 7 heteroatoms. The third-order valence-electron chi connectivity index (χ3n) is 4.85. The summed E-state index contributed by atoms with van der Waals surface area (Å²) in [4.78, 5) is 13.7. The molecule has 2 aliphatic rings. The van der Waals surface area contributed by atoms with Gasteiger partial charge in [0.1, 0.15) is 11.8 Å². The van der Waals surface area contributed by atoms with Crippen LogP contribution >= 0.6 is 0 Å². The van der Waals surface area contributed by atoms with E-state index in [9.17, 15) is 0 Å². The van der Waals surface area contributed by atoms with Crippen molar-refractivity contribution in [2.75, 3.05) is 26.7 Å². The number of piperazine rings is 1. The van der Waals surface area contributed by atoms with Gasteiger partial charge in [-0.2, -0.15) is 4.98 Å². The molecule has 1 unspecified atom stereocenters. The van der Waals surface area contributed by atoms with Gasteiger partial charge in [0.05, 0.1) is 12.2 Å². The van der Waals surface area contributed by atoms with Crippen LogP contribution in [0.1, 0.15) is 53.9 Å². The van der Waals surface area contributed by atoms with Crippen LogP contribution in [0.2, 0.25) is 0 Å². The minimum Gasteiger partial charge on any atom is -0.444 e. The van der Waals surface area contributed by atoms with E-state index in [2.05, 4.69) is 32.0 Å². The number of aromatic nitrogens is 3. The summed E-state index contributed by atoms with van der Waals surface area (Å²) in [5.74, 6) is 3.82. The second kappa shape index (κ2) is 5.72. The average molecular weight is 317 g/mol. The van der Waals surface area contributed by atoms with Gasteiger partial charge in [-0.1, -0.05) is 5.16 Å². The van der Waals surface area contributed by atoms with Crippen LogP contribution in [0, 0.1) is 13.8 Å². The lowest BCUT2D eigenvalue weighted by atomic mass is 10.1. The van der Waals surface area contributed by atoms with Gasteiger partial charge in [0, 0.05) is 25.6 Å². The maximum Gasteiger partial charge on any atom is 0.245 e. The zero-order valence-corrected chi connectivity index (χ0v) is 13.9. The van der Waals surface area contributed by atoms with Gasteiger partial charge in [-0.05, 0) is 33.7 Å². The Morgan fingerprint density at radius 2 is 2.00 bits per heavy atom. The van der Waals surface area contributed by atoms with Gasteiger partial charge in [0.15, 0.2) is 5.82 Å². The average Bonchev–Trinajstić information content (AvgIpc) is 3.17. The predicted octanol–water partition coefficient (Wildman–Crippen LogP) is 2.04. The molecule has 124 valence electrons. The summed E-state index contributed by atoms with van der Waals surface area (Å²) >= 11 is 0. The quantitative estimate of drug-likeness (QED) is 0.854. The van der Waals surface area contributed by atoms with Crippen molar-refractivity contribution in [3.05, 3.63) is 29.1 Å². The zero-order valence-electron chi connectivity index (χ0n) is 13.9. The Kier molecular flexibility index (Phi) is 3.69. The van der Waals surface area contributed by atoms with Crippen LogP contribution in [0.4, 0.5) is 0 Å². The van der Waals surface area contributed by atoms with Gasteiger partial charge < -0.3 is 8.94 Å². The van der Waals surface area contributed by atoms with Crippen molar-refractivity contribution in [2.45, 2.75) is 45.2 Å². The number of hydrogen-bond acceptors (Lipinski definition) is 7. The van der Waals surface area contributed by atoms with Gasteiger partial charge in [-0.3, -0.25) is 9.80 Å². The Hall–Kier alpha value is -1.73. The Morgan fingerprint density at radius 1 is 1.17 bits per heavy atom. The SMILES string of the molecule is Cc1nc(CN2CCN(C)C(c3nc(C4CC4)no3)C2)oc1C. The smallest absolute Gasteiger partial charge is 0.245 e. The standard InChI is InChI=1S/C16H23N5O2/c1-10-11(2)22-14(17-10)9-21-7-6-20(3)13(8-21)16-18-15(19-23-16)12-4-5-12/h12-13H,4-9H2,1-3H3. The van der Waals surface area contributed by atoms with Crippen molar-refractivity contribution in [3.63, 3.8) is 0 Å². The first-order valence-corrected chi connectivity index (χ1v) is 8.29. The van der Waals surface area contributed by atoms with Gasteiger partial charge in [0.2, 0.25) is 11.8 Å². The van der Waals surface area contributed by atoms with Crippen molar-refractivity contribution < 1.29 is 8.94 Å². The molecular formula is C16H23N5O2. The molecule has 1 saturated heterocycles. The molecule has 1 atom stereocenters. The number of aryl methyl sites for hydroxylation is 2. The molecule has 0 aromatic carbocycles. The van der Waals surface area contributed by atoms with Crippen LogP contribution < -0.4 is 0 Å². The van der Waals surface area contributed by atoms with Gasteiger partial charge in [-0.25, -0.2) is 4.98 Å². The van der Waals surface area contributed by atoms with Crippen molar-refractivity contribution in [1.29, 1.82) is 0 Å². The summed E-state index contributed by atoms with van der Waals surface area (Å²) in [7, 11) is 2.11. The van der Waals surface area contributed by atoms with Crippen molar-refractivity contribution in [3.8, 4) is 0 Å². The van der Waals surface area contributed by atoms with Crippen molar-refractivity contribution in [1.82, 2.24) is 24.9 Å². The van der Waals surface area contributed by atoms with E-state index in [4.69, 9.17) is 8.94 Å². The third-order valence-corrected chi connectivity index (χ3v) is 4.85. The van der Waals surface area contributed by atoms with Crippen LogP contribution in [0.25, 0.3) is 0 Å². The second-order valence-corrected chi connectivity index (χ2v) is 6.75. The lowest BCUT2D eigenvalue weighted by Crippen LogP contribution is -2.46. The Labute approximate surface area is 135 Å². The molecule has 0 bridgehead atoms. The fourth-order valence-electron chi connectivity index (χ4n) is 3.03. The molecule has 2 fully saturated rings. The van der Waals surface area contributed by atoms with E-state index in [0.717, 1.165) is 55.2 Å². The number of rotatable bonds is 4. The number of hydrogen-bond donors (Lipinski definition) is 0. The Bertz CT molecular complexity index is 671. The molecule has 1 aliphatic carbocycles. The lowest BCUT2D eigenvalue weighted by Gasteiger charge is -2.36. The zero-order chi connectivity index (χ0) is 16.0. The van der Waals surface area contributed by atoms with Gasteiger partial charge in [-0.15, -0.1) is 0 Å². The number of nitrogens with zero attached hydrogens (tertiary/aromatic N) is 5. The molecule has 0 amide bonds. The fraction of sp³-hybridized carbons (Fsp3) is 0.688. The minimum absolute atomic E-state index is 0.140. The van der Waals surface area contributed by atoms with E-state index in [1.54, 1.807) is 0 Å². The van der Waals surface area contributed by atoms with Crippen LogP contribution in [0.15, 0.2) is 8.94 Å². The van der Waals surface area contributed by atoms with Crippen molar-refractivity contribution in [2.24, 2.45) is 0 Å². The highest BCUT2D eigenvalue weighted by Crippen LogP contribution is 2.38. The highest BCUT2D eigenvalue weighted by molar-refractivity contribution is 5.07. The molecule has 0 spiro atoms. The fourth-order valence-corrected chi connectivity index (χ4v) is 3.03. The highest BCUT2D eigenvalue weighted by Gasteiger charge is 2.34. The van der Waals surface area contributed by atoms with E-state index >= 15 is 0 Å².